The summed E-state index contributed by atoms with van der Waals surface area (Å²) in [5.74, 6) is 2.50. The minimum atomic E-state index is -0.169. The molecule has 1 saturated carbocycles. The molecule has 2 aromatic rings. The average molecular weight is 288 g/mol. The zero-order valence-electron chi connectivity index (χ0n) is 12.2. The summed E-state index contributed by atoms with van der Waals surface area (Å²) in [6.45, 7) is 0. The molecule has 21 heavy (non-hydrogen) atoms. The molecule has 0 atom stereocenters. The Morgan fingerprint density at radius 3 is 2.76 bits per heavy atom. The van der Waals surface area contributed by atoms with Gasteiger partial charge >= 0.3 is 0 Å². The summed E-state index contributed by atoms with van der Waals surface area (Å²) in [7, 11) is 1.66. The number of aliphatic hydroxyl groups excluding tert-OH is 1. The van der Waals surface area contributed by atoms with Crippen LogP contribution < -0.4 is 4.74 Å². The summed E-state index contributed by atoms with van der Waals surface area (Å²) in [5, 5.41) is 13.6. The Kier molecular flexibility index (Phi) is 4.20. The number of para-hydroxylation sites is 1. The third-order valence-electron chi connectivity index (χ3n) is 4.07. The fraction of sp³-hybridized carbons (Fsp3) is 0.500. The van der Waals surface area contributed by atoms with Gasteiger partial charge in [-0.1, -0.05) is 23.4 Å². The maximum absolute atomic E-state index is 9.55. The van der Waals surface area contributed by atoms with E-state index < -0.39 is 0 Å². The molecule has 1 aromatic heterocycles. The van der Waals surface area contributed by atoms with Gasteiger partial charge in [-0.15, -0.1) is 0 Å². The smallest absolute Gasteiger partial charge is 0.229 e. The molecule has 1 aliphatic carbocycles. The summed E-state index contributed by atoms with van der Waals surface area (Å²) >= 11 is 0. The van der Waals surface area contributed by atoms with Crippen LogP contribution >= 0.6 is 0 Å². The van der Waals surface area contributed by atoms with Crippen LogP contribution in [0, 0.1) is 0 Å². The molecule has 1 heterocycles. The first-order chi connectivity index (χ1) is 10.3. The molecule has 0 spiro atoms. The molecule has 112 valence electrons. The first-order valence-electron chi connectivity index (χ1n) is 7.38. The van der Waals surface area contributed by atoms with Crippen molar-refractivity contribution in [1.82, 2.24) is 10.1 Å². The van der Waals surface area contributed by atoms with Gasteiger partial charge in [-0.2, -0.15) is 4.98 Å². The standard InChI is InChI=1S/C16H20N2O3/c1-20-14-5-3-2-4-12(14)10-15-17-16(21-18-15)11-6-8-13(19)9-7-11/h2-5,11,13,19H,6-10H2,1H3. The van der Waals surface area contributed by atoms with Crippen molar-refractivity contribution < 1.29 is 14.4 Å². The Morgan fingerprint density at radius 1 is 1.24 bits per heavy atom. The van der Waals surface area contributed by atoms with Crippen LogP contribution in [0.2, 0.25) is 0 Å². The van der Waals surface area contributed by atoms with Gasteiger partial charge in [-0.05, 0) is 31.7 Å². The molecule has 3 rings (SSSR count). The first-order valence-corrected chi connectivity index (χ1v) is 7.38. The predicted octanol–water partition coefficient (Wildman–Crippen LogP) is 2.69. The monoisotopic (exact) mass is 288 g/mol. The lowest BCUT2D eigenvalue weighted by Gasteiger charge is -2.22. The van der Waals surface area contributed by atoms with Crippen molar-refractivity contribution in [3.05, 3.63) is 41.5 Å². The third kappa shape index (κ3) is 3.24. The van der Waals surface area contributed by atoms with E-state index >= 15 is 0 Å². The number of aliphatic hydroxyl groups is 1. The minimum absolute atomic E-state index is 0.169. The number of hydrogen-bond acceptors (Lipinski definition) is 5. The minimum Gasteiger partial charge on any atom is -0.496 e. The van der Waals surface area contributed by atoms with E-state index in [0.717, 1.165) is 37.0 Å². The van der Waals surface area contributed by atoms with Gasteiger partial charge in [0.05, 0.1) is 13.2 Å². The van der Waals surface area contributed by atoms with E-state index in [9.17, 15) is 5.11 Å². The second-order valence-corrected chi connectivity index (χ2v) is 5.54. The van der Waals surface area contributed by atoms with Gasteiger partial charge in [0.25, 0.3) is 0 Å². The molecule has 0 aliphatic heterocycles. The number of ether oxygens (including phenoxy) is 1. The van der Waals surface area contributed by atoms with Gasteiger partial charge in [0.1, 0.15) is 5.75 Å². The van der Waals surface area contributed by atoms with Gasteiger partial charge in [-0.3, -0.25) is 0 Å². The predicted molar refractivity (Wildman–Crippen MR) is 77.3 cm³/mol. The third-order valence-corrected chi connectivity index (χ3v) is 4.07. The Labute approximate surface area is 123 Å². The zero-order chi connectivity index (χ0) is 14.7. The number of benzene rings is 1. The second-order valence-electron chi connectivity index (χ2n) is 5.54. The molecule has 0 bridgehead atoms. The van der Waals surface area contributed by atoms with Crippen LogP contribution in [0.3, 0.4) is 0 Å². The first kappa shape index (κ1) is 14.1. The number of hydrogen-bond donors (Lipinski definition) is 1. The summed E-state index contributed by atoms with van der Waals surface area (Å²) in [6, 6.07) is 7.85. The molecular formula is C16H20N2O3. The van der Waals surface area contributed by atoms with Gasteiger partial charge in [0.15, 0.2) is 5.82 Å². The van der Waals surface area contributed by atoms with Crippen molar-refractivity contribution in [3.8, 4) is 5.75 Å². The van der Waals surface area contributed by atoms with E-state index in [1.807, 2.05) is 24.3 Å². The molecule has 0 unspecified atom stereocenters. The number of aromatic nitrogens is 2. The lowest BCUT2D eigenvalue weighted by molar-refractivity contribution is 0.116. The largest absolute Gasteiger partial charge is 0.496 e. The van der Waals surface area contributed by atoms with Crippen molar-refractivity contribution in [2.45, 2.75) is 44.1 Å². The van der Waals surface area contributed by atoms with Crippen LogP contribution in [0.1, 0.15) is 48.9 Å². The summed E-state index contributed by atoms with van der Waals surface area (Å²) in [4.78, 5) is 4.51. The van der Waals surface area contributed by atoms with E-state index in [4.69, 9.17) is 9.26 Å². The fourth-order valence-corrected chi connectivity index (χ4v) is 2.85. The highest BCUT2D eigenvalue weighted by Crippen LogP contribution is 2.32. The average Bonchev–Trinajstić information content (AvgIpc) is 2.97. The van der Waals surface area contributed by atoms with Gasteiger partial charge in [0, 0.05) is 17.9 Å². The van der Waals surface area contributed by atoms with Crippen LogP contribution in [0.15, 0.2) is 28.8 Å². The molecule has 0 radical (unpaired) electrons. The van der Waals surface area contributed by atoms with Crippen LogP contribution in [0.5, 0.6) is 5.75 Å². The van der Waals surface area contributed by atoms with Crippen molar-refractivity contribution >= 4 is 0 Å². The molecule has 0 amide bonds. The maximum Gasteiger partial charge on any atom is 0.229 e. The van der Waals surface area contributed by atoms with Gasteiger partial charge in [0.2, 0.25) is 5.89 Å². The summed E-state index contributed by atoms with van der Waals surface area (Å²) < 4.78 is 10.7. The van der Waals surface area contributed by atoms with Crippen LogP contribution in [-0.4, -0.2) is 28.5 Å². The molecule has 1 N–H and O–H groups in total. The molecule has 1 aliphatic rings. The van der Waals surface area contributed by atoms with Crippen LogP contribution in [-0.2, 0) is 6.42 Å². The van der Waals surface area contributed by atoms with E-state index in [-0.39, 0.29) is 12.0 Å². The van der Waals surface area contributed by atoms with Crippen LogP contribution in [0.25, 0.3) is 0 Å². The Morgan fingerprint density at radius 2 is 2.00 bits per heavy atom. The Hall–Kier alpha value is -1.88. The lowest BCUT2D eigenvalue weighted by Crippen LogP contribution is -2.17. The van der Waals surface area contributed by atoms with Crippen molar-refractivity contribution in [2.24, 2.45) is 0 Å². The summed E-state index contributed by atoms with van der Waals surface area (Å²) in [6.07, 6.45) is 3.89. The van der Waals surface area contributed by atoms with Gasteiger partial charge in [-0.25, -0.2) is 0 Å². The second kappa shape index (κ2) is 6.26. The normalized spacial score (nSPS) is 22.2. The Balaban J connectivity index is 1.70. The van der Waals surface area contributed by atoms with Gasteiger partial charge < -0.3 is 14.4 Å². The lowest BCUT2D eigenvalue weighted by atomic mass is 9.87. The van der Waals surface area contributed by atoms with E-state index in [0.29, 0.717) is 18.1 Å². The SMILES string of the molecule is COc1ccccc1Cc1noc(C2CCC(O)CC2)n1. The molecule has 5 nitrogen and oxygen atoms in total. The van der Waals surface area contributed by atoms with E-state index in [2.05, 4.69) is 10.1 Å². The highest BCUT2D eigenvalue weighted by molar-refractivity contribution is 5.35. The fourth-order valence-electron chi connectivity index (χ4n) is 2.85. The zero-order valence-corrected chi connectivity index (χ0v) is 12.2. The van der Waals surface area contributed by atoms with Crippen molar-refractivity contribution in [2.75, 3.05) is 7.11 Å². The number of methoxy groups -OCH3 is 1. The summed E-state index contributed by atoms with van der Waals surface area (Å²) in [5.41, 5.74) is 1.05. The Bertz CT molecular complexity index is 589. The maximum atomic E-state index is 9.55. The molecular weight excluding hydrogens is 268 g/mol. The number of rotatable bonds is 4. The van der Waals surface area contributed by atoms with E-state index in [1.54, 1.807) is 7.11 Å². The molecule has 5 heteroatoms. The molecule has 0 saturated heterocycles. The van der Waals surface area contributed by atoms with Crippen molar-refractivity contribution in [3.63, 3.8) is 0 Å². The highest BCUT2D eigenvalue weighted by Gasteiger charge is 2.25. The van der Waals surface area contributed by atoms with E-state index in [1.165, 1.54) is 0 Å². The number of nitrogens with zero attached hydrogens (tertiary/aromatic N) is 2. The molecule has 1 fully saturated rings. The van der Waals surface area contributed by atoms with Crippen LogP contribution in [0.4, 0.5) is 0 Å². The molecule has 1 aromatic carbocycles. The van der Waals surface area contributed by atoms with Crippen molar-refractivity contribution in [1.29, 1.82) is 0 Å². The topological polar surface area (TPSA) is 68.4 Å². The highest BCUT2D eigenvalue weighted by atomic mass is 16.5. The quantitative estimate of drug-likeness (QED) is 0.936.